The maximum absolute atomic E-state index is 13.3. The van der Waals surface area contributed by atoms with Gasteiger partial charge in [-0.05, 0) is 66.5 Å². The Morgan fingerprint density at radius 2 is 1.76 bits per heavy atom. The Morgan fingerprint density at radius 1 is 1.06 bits per heavy atom. The van der Waals surface area contributed by atoms with Gasteiger partial charge < -0.3 is 0 Å². The number of aromatic nitrogens is 3. The van der Waals surface area contributed by atoms with Crippen LogP contribution in [0.25, 0.3) is 0 Å². The topological polar surface area (TPSA) is 76.1 Å². The van der Waals surface area contributed by atoms with Crippen molar-refractivity contribution < 1.29 is 12.8 Å². The summed E-state index contributed by atoms with van der Waals surface area (Å²) in [5, 5.41) is 0. The Kier molecular flexibility index (Phi) is 7.14. The van der Waals surface area contributed by atoms with Crippen molar-refractivity contribution in [3.8, 4) is 0 Å². The molecule has 0 radical (unpaired) electrons. The summed E-state index contributed by atoms with van der Waals surface area (Å²) < 4.78 is 38.7. The van der Waals surface area contributed by atoms with Crippen LogP contribution in [0.4, 0.5) is 4.39 Å². The number of benzene rings is 1. The van der Waals surface area contributed by atoms with E-state index in [9.17, 15) is 12.8 Å². The van der Waals surface area contributed by atoms with E-state index in [1.54, 1.807) is 22.9 Å². The summed E-state index contributed by atoms with van der Waals surface area (Å²) in [6.07, 6.45) is 9.24. The predicted octanol–water partition coefficient (Wildman–Crippen LogP) is 4.09. The van der Waals surface area contributed by atoms with Crippen molar-refractivity contribution in [2.45, 2.75) is 44.4 Å². The van der Waals surface area contributed by atoms with Gasteiger partial charge in [-0.25, -0.2) is 17.1 Å². The first-order chi connectivity index (χ1) is 15.8. The van der Waals surface area contributed by atoms with Gasteiger partial charge in [-0.2, -0.15) is 0 Å². The first-order valence-electron chi connectivity index (χ1n) is 11.2. The zero-order chi connectivity index (χ0) is 23.4. The second kappa shape index (κ2) is 10.1. The number of hydrogen-bond donors (Lipinski definition) is 0. The minimum atomic E-state index is -3.16. The molecule has 0 unspecified atom stereocenters. The highest BCUT2D eigenvalue weighted by Gasteiger charge is 2.26. The lowest BCUT2D eigenvalue weighted by Crippen LogP contribution is -2.37. The second-order valence-corrected chi connectivity index (χ2v) is 10.8. The van der Waals surface area contributed by atoms with Crippen LogP contribution in [0.5, 0.6) is 0 Å². The summed E-state index contributed by atoms with van der Waals surface area (Å²) in [6, 6.07) is 10.9. The third kappa shape index (κ3) is 6.21. The molecule has 33 heavy (non-hydrogen) atoms. The number of rotatable bonds is 7. The molecule has 1 atom stereocenters. The molecule has 6 nitrogen and oxygen atoms in total. The Labute approximate surface area is 195 Å². The fourth-order valence-corrected chi connectivity index (χ4v) is 5.33. The normalized spacial score (nSPS) is 16.6. The highest BCUT2D eigenvalue weighted by molar-refractivity contribution is 7.88. The summed E-state index contributed by atoms with van der Waals surface area (Å²) in [4.78, 5) is 13.5. The minimum absolute atomic E-state index is 0.185. The summed E-state index contributed by atoms with van der Waals surface area (Å²) in [5.41, 5.74) is 5.03. The Bertz CT molecular complexity index is 1180. The van der Waals surface area contributed by atoms with Gasteiger partial charge in [-0.1, -0.05) is 19.1 Å². The van der Waals surface area contributed by atoms with Crippen LogP contribution < -0.4 is 0 Å². The lowest BCUT2D eigenvalue weighted by molar-refractivity contribution is 0.321. The summed E-state index contributed by atoms with van der Waals surface area (Å²) in [7, 11) is -3.16. The van der Waals surface area contributed by atoms with E-state index in [1.165, 1.54) is 24.0 Å². The molecule has 0 spiro atoms. The summed E-state index contributed by atoms with van der Waals surface area (Å²) >= 11 is 0. The number of halogens is 1. The third-order valence-electron chi connectivity index (χ3n) is 6.28. The molecule has 1 aliphatic rings. The quantitative estimate of drug-likeness (QED) is 0.522. The van der Waals surface area contributed by atoms with Gasteiger partial charge in [0.1, 0.15) is 5.82 Å². The highest BCUT2D eigenvalue weighted by Crippen LogP contribution is 2.31. The van der Waals surface area contributed by atoms with Gasteiger partial charge in [0.2, 0.25) is 10.0 Å². The van der Waals surface area contributed by atoms with Crippen LogP contribution in [-0.2, 0) is 22.9 Å². The smallest absolute Gasteiger partial charge is 0.211 e. The first-order valence-corrected chi connectivity index (χ1v) is 13.1. The predicted molar refractivity (Wildman–Crippen MR) is 126 cm³/mol. The summed E-state index contributed by atoms with van der Waals surface area (Å²) in [5.74, 6) is 0.231. The molecule has 0 saturated carbocycles. The number of hydrogen-bond acceptors (Lipinski definition) is 5. The Hall–Kier alpha value is -2.71. The van der Waals surface area contributed by atoms with E-state index in [4.69, 9.17) is 4.98 Å². The van der Waals surface area contributed by atoms with Gasteiger partial charge in [0.05, 0.1) is 11.9 Å². The fraction of sp³-hybridized carbons (Fsp3) is 0.400. The van der Waals surface area contributed by atoms with E-state index in [-0.39, 0.29) is 17.7 Å². The molecular weight excluding hydrogens is 439 g/mol. The lowest BCUT2D eigenvalue weighted by Gasteiger charge is -2.30. The third-order valence-corrected chi connectivity index (χ3v) is 7.58. The molecule has 1 fully saturated rings. The first kappa shape index (κ1) is 23.4. The average Bonchev–Trinajstić information content (AvgIpc) is 2.79. The maximum atomic E-state index is 13.3. The molecule has 1 saturated heterocycles. The SMILES string of the molecule is C[C@H](Cc1cc(C2CCN(S(C)(=O)=O)CC2)cc(Cc2cnccn2)n1)c1ccc(F)cc1. The standard InChI is InChI=1S/C25H29FN4O2S/c1-18(19-3-5-22(26)6-4-19)13-23-14-21(20-7-11-30(12-8-20)33(2,31)32)15-24(29-23)16-25-17-27-9-10-28-25/h3-6,9-10,14-15,17-18,20H,7-8,11-13,16H2,1-2H3/t18-/m1/s1. The number of piperidine rings is 1. The monoisotopic (exact) mass is 468 g/mol. The van der Waals surface area contributed by atoms with Gasteiger partial charge in [0, 0.05) is 49.5 Å². The molecule has 0 N–H and O–H groups in total. The van der Waals surface area contributed by atoms with Crippen LogP contribution in [-0.4, -0.2) is 47.0 Å². The molecule has 0 amide bonds. The number of nitrogens with zero attached hydrogens (tertiary/aromatic N) is 4. The van der Waals surface area contributed by atoms with Crippen molar-refractivity contribution >= 4 is 10.0 Å². The number of pyridine rings is 1. The van der Waals surface area contributed by atoms with Gasteiger partial charge in [0.15, 0.2) is 0 Å². The molecular formula is C25H29FN4O2S. The van der Waals surface area contributed by atoms with Crippen molar-refractivity contribution in [3.63, 3.8) is 0 Å². The lowest BCUT2D eigenvalue weighted by atomic mass is 9.88. The second-order valence-electron chi connectivity index (χ2n) is 8.85. The summed E-state index contributed by atoms with van der Waals surface area (Å²) in [6.45, 7) is 3.19. The van der Waals surface area contributed by atoms with Crippen molar-refractivity contribution in [1.82, 2.24) is 19.3 Å². The van der Waals surface area contributed by atoms with E-state index >= 15 is 0 Å². The zero-order valence-corrected chi connectivity index (χ0v) is 19.8. The Balaban J connectivity index is 1.58. The molecule has 1 aliphatic heterocycles. The minimum Gasteiger partial charge on any atom is -0.261 e. The largest absolute Gasteiger partial charge is 0.261 e. The number of sulfonamides is 1. The molecule has 0 bridgehead atoms. The van der Waals surface area contributed by atoms with Crippen LogP contribution in [0.1, 0.15) is 59.8 Å². The van der Waals surface area contributed by atoms with Gasteiger partial charge >= 0.3 is 0 Å². The molecule has 3 heterocycles. The van der Waals surface area contributed by atoms with E-state index in [0.717, 1.165) is 41.9 Å². The average molecular weight is 469 g/mol. The van der Waals surface area contributed by atoms with Gasteiger partial charge in [-0.15, -0.1) is 0 Å². The fourth-order valence-electron chi connectivity index (χ4n) is 4.46. The molecule has 8 heteroatoms. The van der Waals surface area contributed by atoms with Crippen LogP contribution in [0, 0.1) is 5.82 Å². The Morgan fingerprint density at radius 3 is 2.39 bits per heavy atom. The molecule has 1 aromatic carbocycles. The zero-order valence-electron chi connectivity index (χ0n) is 19.0. The van der Waals surface area contributed by atoms with Crippen LogP contribution in [0.2, 0.25) is 0 Å². The highest BCUT2D eigenvalue weighted by atomic mass is 32.2. The van der Waals surface area contributed by atoms with Crippen molar-refractivity contribution in [1.29, 1.82) is 0 Å². The van der Waals surface area contributed by atoms with Crippen LogP contribution in [0.3, 0.4) is 0 Å². The van der Waals surface area contributed by atoms with Gasteiger partial charge in [-0.3, -0.25) is 15.0 Å². The van der Waals surface area contributed by atoms with E-state index in [2.05, 4.69) is 29.0 Å². The molecule has 4 rings (SSSR count). The van der Waals surface area contributed by atoms with Gasteiger partial charge in [0.25, 0.3) is 0 Å². The van der Waals surface area contributed by atoms with Crippen molar-refractivity contribution in [3.05, 3.63) is 89.0 Å². The molecule has 2 aromatic heterocycles. The van der Waals surface area contributed by atoms with Crippen LogP contribution in [0.15, 0.2) is 55.0 Å². The molecule has 3 aromatic rings. The maximum Gasteiger partial charge on any atom is 0.211 e. The molecule has 0 aliphatic carbocycles. The van der Waals surface area contributed by atoms with E-state index in [0.29, 0.717) is 19.5 Å². The van der Waals surface area contributed by atoms with Crippen LogP contribution >= 0.6 is 0 Å². The van der Waals surface area contributed by atoms with E-state index in [1.807, 2.05) is 12.1 Å². The van der Waals surface area contributed by atoms with Crippen molar-refractivity contribution in [2.75, 3.05) is 19.3 Å². The van der Waals surface area contributed by atoms with Crippen molar-refractivity contribution in [2.24, 2.45) is 0 Å². The van der Waals surface area contributed by atoms with E-state index < -0.39 is 10.0 Å². The molecule has 174 valence electrons.